The number of carbonyl (C=O) groups is 3. The molecular formula is C14H24O6. The molecule has 0 saturated carbocycles. The van der Waals surface area contributed by atoms with E-state index < -0.39 is 17.9 Å². The Morgan fingerprint density at radius 2 is 1.85 bits per heavy atom. The van der Waals surface area contributed by atoms with Crippen LogP contribution in [0.4, 0.5) is 0 Å². The minimum absolute atomic E-state index is 0.0463. The molecular weight excluding hydrogens is 264 g/mol. The van der Waals surface area contributed by atoms with Gasteiger partial charge in [0.15, 0.2) is 5.92 Å². The summed E-state index contributed by atoms with van der Waals surface area (Å²) < 4.78 is 14.1. The summed E-state index contributed by atoms with van der Waals surface area (Å²) in [5, 5.41) is 0. The van der Waals surface area contributed by atoms with Gasteiger partial charge in [0.2, 0.25) is 0 Å². The van der Waals surface area contributed by atoms with E-state index in [0.29, 0.717) is 26.1 Å². The van der Waals surface area contributed by atoms with Gasteiger partial charge in [0.05, 0.1) is 19.8 Å². The van der Waals surface area contributed by atoms with Crippen LogP contribution < -0.4 is 0 Å². The molecule has 1 aliphatic heterocycles. The van der Waals surface area contributed by atoms with E-state index in [2.05, 4.69) is 4.74 Å². The van der Waals surface area contributed by atoms with Crippen LogP contribution in [-0.4, -0.2) is 37.7 Å². The average molecular weight is 288 g/mol. The Labute approximate surface area is 119 Å². The van der Waals surface area contributed by atoms with Crippen molar-refractivity contribution < 1.29 is 28.6 Å². The third-order valence-electron chi connectivity index (χ3n) is 2.50. The van der Waals surface area contributed by atoms with Crippen molar-refractivity contribution >= 4 is 17.9 Å². The fraction of sp³-hybridized carbons (Fsp3) is 0.786. The van der Waals surface area contributed by atoms with Crippen LogP contribution in [0.3, 0.4) is 0 Å². The van der Waals surface area contributed by atoms with Gasteiger partial charge in [-0.05, 0) is 26.2 Å². The molecule has 6 nitrogen and oxygen atoms in total. The predicted molar refractivity (Wildman–Crippen MR) is 71.9 cm³/mol. The molecule has 1 unspecified atom stereocenters. The number of esters is 3. The van der Waals surface area contributed by atoms with Gasteiger partial charge < -0.3 is 14.2 Å². The highest BCUT2D eigenvalue weighted by molar-refractivity contribution is 5.94. The van der Waals surface area contributed by atoms with E-state index in [9.17, 15) is 14.4 Å². The summed E-state index contributed by atoms with van der Waals surface area (Å²) in [6.45, 7) is 6.65. The number of hydrogen-bond acceptors (Lipinski definition) is 6. The molecule has 1 rings (SSSR count). The lowest BCUT2D eigenvalue weighted by Crippen LogP contribution is -2.27. The molecule has 1 saturated heterocycles. The molecule has 116 valence electrons. The first-order chi connectivity index (χ1) is 9.56. The average Bonchev–Trinajstić information content (AvgIpc) is 2.89. The Morgan fingerprint density at radius 3 is 2.20 bits per heavy atom. The molecule has 1 aliphatic rings. The van der Waals surface area contributed by atoms with Gasteiger partial charge in [-0.25, -0.2) is 0 Å². The van der Waals surface area contributed by atoms with E-state index in [1.54, 1.807) is 13.8 Å². The summed E-state index contributed by atoms with van der Waals surface area (Å²) in [5.41, 5.74) is 0. The predicted octanol–water partition coefficient (Wildman–Crippen LogP) is 1.85. The molecule has 1 heterocycles. The molecule has 0 amide bonds. The molecule has 1 atom stereocenters. The number of hydrogen-bond donors (Lipinski definition) is 0. The lowest BCUT2D eigenvalue weighted by Gasteiger charge is -2.12. The van der Waals surface area contributed by atoms with Crippen LogP contribution in [0.1, 0.15) is 46.5 Å². The SMILES string of the molecule is CCCOC(=O)C(CC)C(=O)OCC.O=C1CCCO1. The summed E-state index contributed by atoms with van der Waals surface area (Å²) in [5.74, 6) is -1.78. The topological polar surface area (TPSA) is 78.9 Å². The van der Waals surface area contributed by atoms with Crippen molar-refractivity contribution in [1.82, 2.24) is 0 Å². The molecule has 6 heteroatoms. The molecule has 0 aromatic rings. The highest BCUT2D eigenvalue weighted by Gasteiger charge is 2.27. The summed E-state index contributed by atoms with van der Waals surface area (Å²) in [7, 11) is 0. The third kappa shape index (κ3) is 7.76. The van der Waals surface area contributed by atoms with Crippen LogP contribution in [0.15, 0.2) is 0 Å². The number of ether oxygens (including phenoxy) is 3. The van der Waals surface area contributed by atoms with Crippen molar-refractivity contribution in [3.63, 3.8) is 0 Å². The molecule has 0 bridgehead atoms. The van der Waals surface area contributed by atoms with Gasteiger partial charge in [-0.2, -0.15) is 0 Å². The first-order valence-electron chi connectivity index (χ1n) is 7.05. The van der Waals surface area contributed by atoms with Crippen molar-refractivity contribution in [2.24, 2.45) is 5.92 Å². The van der Waals surface area contributed by atoms with Gasteiger partial charge in [0, 0.05) is 6.42 Å². The van der Waals surface area contributed by atoms with E-state index in [1.165, 1.54) is 0 Å². The minimum atomic E-state index is -0.763. The molecule has 20 heavy (non-hydrogen) atoms. The molecule has 0 spiro atoms. The Kier molecular flexibility index (Phi) is 10.4. The maximum absolute atomic E-state index is 11.3. The van der Waals surface area contributed by atoms with Crippen molar-refractivity contribution in [3.8, 4) is 0 Å². The minimum Gasteiger partial charge on any atom is -0.466 e. The molecule has 0 radical (unpaired) electrons. The second-order valence-corrected chi connectivity index (χ2v) is 4.20. The molecule has 1 fully saturated rings. The molecule has 0 N–H and O–H groups in total. The number of rotatable bonds is 6. The zero-order chi connectivity index (χ0) is 15.4. The van der Waals surface area contributed by atoms with Crippen LogP contribution in [0.5, 0.6) is 0 Å². The van der Waals surface area contributed by atoms with Gasteiger partial charge in [0.25, 0.3) is 0 Å². The molecule has 0 aromatic carbocycles. The maximum Gasteiger partial charge on any atom is 0.320 e. The Hall–Kier alpha value is -1.59. The Balaban J connectivity index is 0.000000493. The van der Waals surface area contributed by atoms with Crippen molar-refractivity contribution in [2.45, 2.75) is 46.5 Å². The fourth-order valence-corrected chi connectivity index (χ4v) is 1.45. The summed E-state index contributed by atoms with van der Waals surface area (Å²) in [6, 6.07) is 0. The van der Waals surface area contributed by atoms with Crippen LogP contribution in [0, 0.1) is 5.92 Å². The summed E-state index contributed by atoms with van der Waals surface area (Å²) in [6.07, 6.45) is 2.71. The highest BCUT2D eigenvalue weighted by atomic mass is 16.6. The van der Waals surface area contributed by atoms with Gasteiger partial charge in [-0.1, -0.05) is 13.8 Å². The van der Waals surface area contributed by atoms with Crippen molar-refractivity contribution in [1.29, 1.82) is 0 Å². The lowest BCUT2D eigenvalue weighted by atomic mass is 10.1. The van der Waals surface area contributed by atoms with E-state index in [1.807, 2.05) is 6.92 Å². The second kappa shape index (κ2) is 11.3. The van der Waals surface area contributed by atoms with E-state index in [4.69, 9.17) is 9.47 Å². The van der Waals surface area contributed by atoms with Crippen LogP contribution in [-0.2, 0) is 28.6 Å². The zero-order valence-corrected chi connectivity index (χ0v) is 12.5. The summed E-state index contributed by atoms with van der Waals surface area (Å²) in [4.78, 5) is 32.6. The second-order valence-electron chi connectivity index (χ2n) is 4.20. The van der Waals surface area contributed by atoms with E-state index in [-0.39, 0.29) is 12.6 Å². The quantitative estimate of drug-likeness (QED) is 0.421. The van der Waals surface area contributed by atoms with E-state index in [0.717, 1.165) is 12.8 Å². The molecule has 0 aliphatic carbocycles. The highest BCUT2D eigenvalue weighted by Crippen LogP contribution is 2.08. The normalized spacial score (nSPS) is 14.7. The monoisotopic (exact) mass is 288 g/mol. The smallest absolute Gasteiger partial charge is 0.320 e. The standard InChI is InChI=1S/C10H18O4.C4H6O2/c1-4-7-14-10(12)8(5-2)9(11)13-6-3;5-4-2-1-3-6-4/h8H,4-7H2,1-3H3;1-3H2. The maximum atomic E-state index is 11.3. The number of cyclic esters (lactones) is 1. The van der Waals surface area contributed by atoms with Gasteiger partial charge in [0.1, 0.15) is 0 Å². The van der Waals surface area contributed by atoms with Gasteiger partial charge in [-0.3, -0.25) is 14.4 Å². The first kappa shape index (κ1) is 18.4. The number of carbonyl (C=O) groups excluding carboxylic acids is 3. The molecule has 0 aromatic heterocycles. The zero-order valence-electron chi connectivity index (χ0n) is 12.5. The van der Waals surface area contributed by atoms with Crippen LogP contribution in [0.2, 0.25) is 0 Å². The van der Waals surface area contributed by atoms with Gasteiger partial charge in [-0.15, -0.1) is 0 Å². The van der Waals surface area contributed by atoms with Crippen molar-refractivity contribution in [3.05, 3.63) is 0 Å². The first-order valence-corrected chi connectivity index (χ1v) is 7.05. The summed E-state index contributed by atoms with van der Waals surface area (Å²) >= 11 is 0. The van der Waals surface area contributed by atoms with E-state index >= 15 is 0 Å². The van der Waals surface area contributed by atoms with Crippen LogP contribution in [0.25, 0.3) is 0 Å². The Morgan fingerprint density at radius 1 is 1.20 bits per heavy atom. The lowest BCUT2D eigenvalue weighted by molar-refractivity contribution is -0.162. The van der Waals surface area contributed by atoms with Gasteiger partial charge >= 0.3 is 17.9 Å². The van der Waals surface area contributed by atoms with Crippen molar-refractivity contribution in [2.75, 3.05) is 19.8 Å². The fourth-order valence-electron chi connectivity index (χ4n) is 1.45. The third-order valence-corrected chi connectivity index (χ3v) is 2.50. The van der Waals surface area contributed by atoms with Crippen LogP contribution >= 0.6 is 0 Å². The Bertz CT molecular complexity index is 305. The largest absolute Gasteiger partial charge is 0.466 e.